The summed E-state index contributed by atoms with van der Waals surface area (Å²) in [5.74, 6) is -0.280. The number of benzene rings is 1. The zero-order chi connectivity index (χ0) is 10.5. The van der Waals surface area contributed by atoms with Crippen molar-refractivity contribution in [3.8, 4) is 0 Å². The number of hydrogen-bond donors (Lipinski definition) is 1. The van der Waals surface area contributed by atoms with E-state index in [2.05, 4.69) is 5.32 Å². The molecule has 1 heterocycles. The van der Waals surface area contributed by atoms with Gasteiger partial charge in [0.05, 0.1) is 5.56 Å². The summed E-state index contributed by atoms with van der Waals surface area (Å²) in [5.41, 5.74) is 0.594. The van der Waals surface area contributed by atoms with E-state index in [9.17, 15) is 4.79 Å². The average Bonchev–Trinajstić information content (AvgIpc) is 2.31. The molecule has 1 aromatic rings. The quantitative estimate of drug-likeness (QED) is 0.772. The molecule has 4 heteroatoms. The van der Waals surface area contributed by atoms with E-state index in [0.717, 1.165) is 26.2 Å². The van der Waals surface area contributed by atoms with Crippen LogP contribution in [0.3, 0.4) is 0 Å². The SMILES string of the molecule is O=C(ON1CCNCC1)c1ccccc1. The van der Waals surface area contributed by atoms with Crippen molar-refractivity contribution in [3.05, 3.63) is 35.9 Å². The number of hydroxylamine groups is 2. The third-order valence-corrected chi connectivity index (χ3v) is 2.30. The summed E-state index contributed by atoms with van der Waals surface area (Å²) in [5, 5.41) is 4.89. The number of carbonyl (C=O) groups excluding carboxylic acids is 1. The maximum absolute atomic E-state index is 11.6. The zero-order valence-electron chi connectivity index (χ0n) is 8.48. The van der Waals surface area contributed by atoms with E-state index in [1.165, 1.54) is 0 Å². The molecule has 1 aliphatic heterocycles. The lowest BCUT2D eigenvalue weighted by Crippen LogP contribution is -2.44. The Morgan fingerprint density at radius 2 is 1.87 bits per heavy atom. The van der Waals surface area contributed by atoms with Crippen molar-refractivity contribution in [1.82, 2.24) is 10.4 Å². The van der Waals surface area contributed by atoms with Crippen molar-refractivity contribution in [2.45, 2.75) is 0 Å². The highest BCUT2D eigenvalue weighted by molar-refractivity contribution is 5.89. The van der Waals surface area contributed by atoms with Crippen LogP contribution in [-0.2, 0) is 4.84 Å². The summed E-state index contributed by atoms with van der Waals surface area (Å²) in [6, 6.07) is 9.04. The molecular weight excluding hydrogens is 192 g/mol. The fourth-order valence-electron chi connectivity index (χ4n) is 1.48. The van der Waals surface area contributed by atoms with Crippen LogP contribution in [0.5, 0.6) is 0 Å². The molecule has 0 spiro atoms. The normalized spacial score (nSPS) is 17.3. The van der Waals surface area contributed by atoms with Gasteiger partial charge in [0, 0.05) is 26.2 Å². The minimum absolute atomic E-state index is 0.280. The molecule has 4 nitrogen and oxygen atoms in total. The van der Waals surface area contributed by atoms with Crippen molar-refractivity contribution >= 4 is 5.97 Å². The Kier molecular flexibility index (Phi) is 3.32. The van der Waals surface area contributed by atoms with Gasteiger partial charge in [-0.2, -0.15) is 0 Å². The van der Waals surface area contributed by atoms with Crippen LogP contribution < -0.4 is 5.32 Å². The predicted molar refractivity (Wildman–Crippen MR) is 56.3 cm³/mol. The second kappa shape index (κ2) is 4.91. The molecule has 80 valence electrons. The van der Waals surface area contributed by atoms with Gasteiger partial charge < -0.3 is 10.2 Å². The van der Waals surface area contributed by atoms with Crippen LogP contribution in [0.1, 0.15) is 10.4 Å². The first-order valence-corrected chi connectivity index (χ1v) is 5.09. The van der Waals surface area contributed by atoms with Crippen molar-refractivity contribution in [1.29, 1.82) is 0 Å². The summed E-state index contributed by atoms with van der Waals surface area (Å²) in [6.07, 6.45) is 0. The number of nitrogens with one attached hydrogen (secondary N) is 1. The van der Waals surface area contributed by atoms with Gasteiger partial charge >= 0.3 is 5.97 Å². The fourth-order valence-corrected chi connectivity index (χ4v) is 1.48. The highest BCUT2D eigenvalue weighted by Gasteiger charge is 2.15. The topological polar surface area (TPSA) is 41.6 Å². The van der Waals surface area contributed by atoms with E-state index < -0.39 is 0 Å². The molecule has 1 saturated heterocycles. The molecule has 15 heavy (non-hydrogen) atoms. The molecular formula is C11H14N2O2. The number of piperazine rings is 1. The van der Waals surface area contributed by atoms with Crippen LogP contribution in [-0.4, -0.2) is 37.2 Å². The Morgan fingerprint density at radius 1 is 1.20 bits per heavy atom. The molecule has 0 aromatic heterocycles. The largest absolute Gasteiger partial charge is 0.364 e. The molecule has 0 unspecified atom stereocenters. The first-order chi connectivity index (χ1) is 7.36. The highest BCUT2D eigenvalue weighted by Crippen LogP contribution is 2.03. The molecule has 2 rings (SSSR count). The maximum atomic E-state index is 11.6. The summed E-state index contributed by atoms with van der Waals surface area (Å²) in [7, 11) is 0. The third-order valence-electron chi connectivity index (χ3n) is 2.30. The third kappa shape index (κ3) is 2.78. The lowest BCUT2D eigenvalue weighted by molar-refractivity contribution is -0.115. The molecule has 1 N–H and O–H groups in total. The summed E-state index contributed by atoms with van der Waals surface area (Å²) in [6.45, 7) is 3.22. The Morgan fingerprint density at radius 3 is 2.53 bits per heavy atom. The van der Waals surface area contributed by atoms with Crippen LogP contribution in [0.4, 0.5) is 0 Å². The van der Waals surface area contributed by atoms with E-state index in [4.69, 9.17) is 4.84 Å². The lowest BCUT2D eigenvalue weighted by atomic mass is 10.2. The summed E-state index contributed by atoms with van der Waals surface area (Å²) >= 11 is 0. The van der Waals surface area contributed by atoms with Gasteiger partial charge in [-0.05, 0) is 12.1 Å². The molecule has 1 aliphatic rings. The molecule has 0 bridgehead atoms. The van der Waals surface area contributed by atoms with Gasteiger partial charge in [-0.3, -0.25) is 0 Å². The molecule has 0 amide bonds. The van der Waals surface area contributed by atoms with Gasteiger partial charge in [0.25, 0.3) is 0 Å². The first-order valence-electron chi connectivity index (χ1n) is 5.09. The summed E-state index contributed by atoms with van der Waals surface area (Å²) < 4.78 is 0. The van der Waals surface area contributed by atoms with Gasteiger partial charge in [-0.1, -0.05) is 18.2 Å². The van der Waals surface area contributed by atoms with Crippen molar-refractivity contribution < 1.29 is 9.63 Å². The lowest BCUT2D eigenvalue weighted by Gasteiger charge is -2.25. The fraction of sp³-hybridized carbons (Fsp3) is 0.364. The van der Waals surface area contributed by atoms with Gasteiger partial charge in [0.2, 0.25) is 0 Å². The zero-order valence-corrected chi connectivity index (χ0v) is 8.48. The van der Waals surface area contributed by atoms with E-state index >= 15 is 0 Å². The van der Waals surface area contributed by atoms with Gasteiger partial charge in [-0.25, -0.2) is 4.79 Å². The first kappa shape index (κ1) is 10.1. The van der Waals surface area contributed by atoms with Crippen molar-refractivity contribution in [2.75, 3.05) is 26.2 Å². The van der Waals surface area contributed by atoms with Gasteiger partial charge in [0.1, 0.15) is 0 Å². The Balaban J connectivity index is 1.91. The van der Waals surface area contributed by atoms with Crippen LogP contribution in [0.15, 0.2) is 30.3 Å². The van der Waals surface area contributed by atoms with E-state index in [1.807, 2.05) is 18.2 Å². The van der Waals surface area contributed by atoms with Gasteiger partial charge in [0.15, 0.2) is 0 Å². The average molecular weight is 206 g/mol. The van der Waals surface area contributed by atoms with Crippen LogP contribution in [0.2, 0.25) is 0 Å². The Bertz CT molecular complexity index is 321. The molecule has 0 saturated carbocycles. The molecule has 0 radical (unpaired) electrons. The minimum atomic E-state index is -0.280. The Hall–Kier alpha value is -1.39. The van der Waals surface area contributed by atoms with Crippen LogP contribution in [0, 0.1) is 0 Å². The maximum Gasteiger partial charge on any atom is 0.357 e. The van der Waals surface area contributed by atoms with Crippen molar-refractivity contribution in [2.24, 2.45) is 0 Å². The molecule has 1 aromatic carbocycles. The Labute approximate surface area is 88.8 Å². The predicted octanol–water partition coefficient (Wildman–Crippen LogP) is 0.664. The number of nitrogens with zero attached hydrogens (tertiary/aromatic N) is 1. The molecule has 1 fully saturated rings. The number of hydrogen-bond acceptors (Lipinski definition) is 4. The second-order valence-corrected chi connectivity index (χ2v) is 3.42. The van der Waals surface area contributed by atoms with Crippen LogP contribution >= 0.6 is 0 Å². The second-order valence-electron chi connectivity index (χ2n) is 3.42. The molecule has 0 atom stereocenters. The van der Waals surface area contributed by atoms with Gasteiger partial charge in [-0.15, -0.1) is 5.06 Å². The molecule has 0 aliphatic carbocycles. The van der Waals surface area contributed by atoms with Crippen LogP contribution in [0.25, 0.3) is 0 Å². The monoisotopic (exact) mass is 206 g/mol. The number of carbonyl (C=O) groups is 1. The highest BCUT2D eigenvalue weighted by atomic mass is 16.7. The van der Waals surface area contributed by atoms with E-state index in [0.29, 0.717) is 5.56 Å². The smallest absolute Gasteiger partial charge is 0.357 e. The minimum Gasteiger partial charge on any atom is -0.364 e. The standard InChI is InChI=1S/C11H14N2O2/c14-11(10-4-2-1-3-5-10)15-13-8-6-12-7-9-13/h1-5,12H,6-9H2. The summed E-state index contributed by atoms with van der Waals surface area (Å²) in [4.78, 5) is 16.9. The van der Waals surface area contributed by atoms with E-state index in [-0.39, 0.29) is 5.97 Å². The van der Waals surface area contributed by atoms with E-state index in [1.54, 1.807) is 17.2 Å². The number of rotatable bonds is 2. The van der Waals surface area contributed by atoms with Crippen molar-refractivity contribution in [3.63, 3.8) is 0 Å².